The molecule has 32 heavy (non-hydrogen) atoms. The van der Waals surface area contributed by atoms with E-state index in [0.29, 0.717) is 17.0 Å². The second kappa shape index (κ2) is 10.6. The molecule has 9 nitrogen and oxygen atoms in total. The number of aromatic nitrogens is 2. The van der Waals surface area contributed by atoms with Gasteiger partial charge in [-0.2, -0.15) is 4.99 Å². The first-order valence-electron chi connectivity index (χ1n) is 10.0. The van der Waals surface area contributed by atoms with Crippen molar-refractivity contribution in [2.45, 2.75) is 20.0 Å². The summed E-state index contributed by atoms with van der Waals surface area (Å²) in [5.41, 5.74) is 8.98. The summed E-state index contributed by atoms with van der Waals surface area (Å²) in [6, 6.07) is 16.5. The number of nitrogens with one attached hydrogen (secondary N) is 2. The number of para-hydroxylation sites is 1. The van der Waals surface area contributed by atoms with E-state index in [1.165, 1.54) is 18.7 Å². The van der Waals surface area contributed by atoms with Crippen LogP contribution in [0.5, 0.6) is 0 Å². The quantitative estimate of drug-likeness (QED) is 0.434. The fourth-order valence-electron chi connectivity index (χ4n) is 2.89. The maximum atomic E-state index is 12.7. The fraction of sp³-hybridized carbons (Fsp3) is 0.130. The third kappa shape index (κ3) is 5.20. The van der Waals surface area contributed by atoms with Gasteiger partial charge < -0.3 is 15.8 Å². The topological polar surface area (TPSA) is 139 Å². The number of amides is 1. The number of hydrogen-bond acceptors (Lipinski definition) is 7. The Bertz CT molecular complexity index is 1150. The Kier molecular flexibility index (Phi) is 7.37. The molecule has 0 saturated heterocycles. The molecule has 1 amide bonds. The molecule has 0 bridgehead atoms. The molecule has 2 heterocycles. The Labute approximate surface area is 185 Å². The lowest BCUT2D eigenvalue weighted by Crippen LogP contribution is -2.29. The molecule has 4 N–H and O–H groups in total. The average molecular weight is 429 g/mol. The lowest BCUT2D eigenvalue weighted by atomic mass is 10.0. The van der Waals surface area contributed by atoms with E-state index in [1.54, 1.807) is 6.07 Å². The molecule has 1 unspecified atom stereocenters. The minimum Gasteiger partial charge on any atom is -0.407 e. The van der Waals surface area contributed by atoms with Crippen molar-refractivity contribution in [3.8, 4) is 0 Å². The van der Waals surface area contributed by atoms with Gasteiger partial charge in [0.2, 0.25) is 12.1 Å². The van der Waals surface area contributed by atoms with Crippen LogP contribution in [0.2, 0.25) is 0 Å². The van der Waals surface area contributed by atoms with Gasteiger partial charge in [-0.25, -0.2) is 15.0 Å². The van der Waals surface area contributed by atoms with Crippen molar-refractivity contribution < 1.29 is 9.53 Å². The summed E-state index contributed by atoms with van der Waals surface area (Å²) in [7, 11) is 0. The molecule has 0 saturated carbocycles. The lowest BCUT2D eigenvalue weighted by Gasteiger charge is -2.09. The highest BCUT2D eigenvalue weighted by Crippen LogP contribution is 2.24. The number of anilines is 1. The number of carbonyl (C=O) groups excluding carboxylic acids is 1. The van der Waals surface area contributed by atoms with Gasteiger partial charge in [0.1, 0.15) is 6.33 Å². The lowest BCUT2D eigenvalue weighted by molar-refractivity contribution is -0.117. The Morgan fingerprint density at radius 2 is 1.72 bits per heavy atom. The van der Waals surface area contributed by atoms with Gasteiger partial charge in [-0.05, 0) is 6.07 Å². The molecule has 4 rings (SSSR count). The van der Waals surface area contributed by atoms with Crippen LogP contribution in [0.25, 0.3) is 0 Å². The second-order valence-electron chi connectivity index (χ2n) is 6.28. The van der Waals surface area contributed by atoms with Gasteiger partial charge in [-0.15, -0.1) is 0 Å². The zero-order valence-electron chi connectivity index (χ0n) is 17.7. The van der Waals surface area contributed by atoms with E-state index in [-0.39, 0.29) is 11.9 Å². The smallest absolute Gasteiger partial charge is 0.291 e. The number of nitrogens with zero attached hydrogens (tertiary/aromatic N) is 4. The maximum absolute atomic E-state index is 12.7. The summed E-state index contributed by atoms with van der Waals surface area (Å²) in [6.45, 7) is 4.00. The SMILES string of the molecule is CC.N=C(O/C(N)=N/C1N=C(c2ccccc2)c2ccccc2NC1=O)c1cncnc1. The normalized spacial score (nSPS) is 15.2. The van der Waals surface area contributed by atoms with Crippen molar-refractivity contribution >= 4 is 29.2 Å². The van der Waals surface area contributed by atoms with Gasteiger partial charge in [-0.3, -0.25) is 10.2 Å². The van der Waals surface area contributed by atoms with E-state index < -0.39 is 12.1 Å². The van der Waals surface area contributed by atoms with Crippen LogP contribution in [0, 0.1) is 5.41 Å². The monoisotopic (exact) mass is 429 g/mol. The number of benzene rings is 2. The molecule has 0 aliphatic carbocycles. The number of rotatable bonds is 3. The molecule has 1 aliphatic heterocycles. The largest absolute Gasteiger partial charge is 0.407 e. The Morgan fingerprint density at radius 1 is 1.06 bits per heavy atom. The van der Waals surface area contributed by atoms with Crippen LogP contribution in [0.15, 0.2) is 83.3 Å². The van der Waals surface area contributed by atoms with Crippen LogP contribution in [0.4, 0.5) is 5.69 Å². The van der Waals surface area contributed by atoms with Gasteiger partial charge in [0.25, 0.3) is 11.9 Å². The summed E-state index contributed by atoms with van der Waals surface area (Å²) >= 11 is 0. The van der Waals surface area contributed by atoms with Crippen molar-refractivity contribution in [2.24, 2.45) is 15.7 Å². The zero-order chi connectivity index (χ0) is 22.9. The van der Waals surface area contributed by atoms with Crippen LogP contribution in [0.3, 0.4) is 0 Å². The molecule has 0 fully saturated rings. The molecule has 162 valence electrons. The number of carbonyl (C=O) groups is 1. The van der Waals surface area contributed by atoms with Crippen molar-refractivity contribution in [3.05, 3.63) is 90.0 Å². The average Bonchev–Trinajstić information content (AvgIpc) is 2.97. The number of hydrogen-bond donors (Lipinski definition) is 3. The summed E-state index contributed by atoms with van der Waals surface area (Å²) < 4.78 is 5.23. The number of amidine groups is 1. The highest BCUT2D eigenvalue weighted by atomic mass is 16.5. The van der Waals surface area contributed by atoms with Gasteiger partial charge in [0.15, 0.2) is 0 Å². The number of aliphatic imine (C=N–C) groups is 2. The number of ether oxygens (including phenoxy) is 1. The molecule has 1 atom stereocenters. The van der Waals surface area contributed by atoms with Crippen LogP contribution in [0.1, 0.15) is 30.5 Å². The molecule has 9 heteroatoms. The van der Waals surface area contributed by atoms with Crippen molar-refractivity contribution in [2.75, 3.05) is 5.32 Å². The van der Waals surface area contributed by atoms with Crippen LogP contribution >= 0.6 is 0 Å². The summed E-state index contributed by atoms with van der Waals surface area (Å²) in [5, 5.41) is 10.8. The van der Waals surface area contributed by atoms with E-state index in [4.69, 9.17) is 15.9 Å². The number of benzodiazepines with no additional fused rings is 1. The highest BCUT2D eigenvalue weighted by Gasteiger charge is 2.26. The molecule has 0 spiro atoms. The Hall–Kier alpha value is -4.40. The van der Waals surface area contributed by atoms with Gasteiger partial charge in [-0.1, -0.05) is 62.4 Å². The Morgan fingerprint density at radius 3 is 2.44 bits per heavy atom. The molecule has 0 radical (unpaired) electrons. The molecular formula is C23H23N7O2. The van der Waals surface area contributed by atoms with Crippen molar-refractivity contribution in [3.63, 3.8) is 0 Å². The van der Waals surface area contributed by atoms with Gasteiger partial charge in [0.05, 0.1) is 17.0 Å². The number of fused-ring (bicyclic) bond motifs is 1. The predicted octanol–water partition coefficient (Wildman–Crippen LogP) is 2.98. The maximum Gasteiger partial charge on any atom is 0.291 e. The summed E-state index contributed by atoms with van der Waals surface area (Å²) in [5.74, 6) is -0.754. The first-order chi connectivity index (χ1) is 15.6. The number of nitrogens with two attached hydrogens (primary N) is 1. The van der Waals surface area contributed by atoms with Crippen molar-refractivity contribution in [1.82, 2.24) is 9.97 Å². The van der Waals surface area contributed by atoms with Crippen LogP contribution in [-0.4, -0.2) is 39.7 Å². The molecular weight excluding hydrogens is 406 g/mol. The van der Waals surface area contributed by atoms with E-state index in [2.05, 4.69) is 25.3 Å². The van der Waals surface area contributed by atoms with E-state index >= 15 is 0 Å². The Balaban J connectivity index is 0.00000141. The fourth-order valence-corrected chi connectivity index (χ4v) is 2.89. The highest BCUT2D eigenvalue weighted by molar-refractivity contribution is 6.19. The second-order valence-corrected chi connectivity index (χ2v) is 6.28. The van der Waals surface area contributed by atoms with Gasteiger partial charge in [0, 0.05) is 23.5 Å². The predicted molar refractivity (Wildman–Crippen MR) is 124 cm³/mol. The summed E-state index contributed by atoms with van der Waals surface area (Å²) in [6.07, 6.45) is 2.96. The minimum absolute atomic E-state index is 0.290. The van der Waals surface area contributed by atoms with E-state index in [9.17, 15) is 4.79 Å². The van der Waals surface area contributed by atoms with E-state index in [1.807, 2.05) is 62.4 Å². The molecule has 2 aromatic carbocycles. The third-order valence-electron chi connectivity index (χ3n) is 4.25. The first kappa shape index (κ1) is 22.3. The third-order valence-corrected chi connectivity index (χ3v) is 4.25. The van der Waals surface area contributed by atoms with Gasteiger partial charge >= 0.3 is 0 Å². The first-order valence-corrected chi connectivity index (χ1v) is 10.0. The standard InChI is InChI=1S/C21H17N7O2.C2H6/c22-18(14-10-24-12-25-11-14)30-21(23)28-19-20(29)26-16-9-5-4-8-15(16)17(27-19)13-6-2-1-3-7-13;1-2/h1-12,19,22H,(H2,23,28)(H,26,29);1-2H3. The molecule has 1 aliphatic rings. The van der Waals surface area contributed by atoms with Crippen LogP contribution in [-0.2, 0) is 9.53 Å². The molecule has 3 aromatic rings. The van der Waals surface area contributed by atoms with Crippen molar-refractivity contribution in [1.29, 1.82) is 5.41 Å². The minimum atomic E-state index is -1.19. The summed E-state index contributed by atoms with van der Waals surface area (Å²) in [4.78, 5) is 29.0. The molecule has 1 aromatic heterocycles. The van der Waals surface area contributed by atoms with E-state index in [0.717, 1.165) is 11.1 Å². The van der Waals surface area contributed by atoms with Crippen LogP contribution < -0.4 is 11.1 Å². The zero-order valence-corrected chi connectivity index (χ0v) is 17.7.